The summed E-state index contributed by atoms with van der Waals surface area (Å²) in [5.41, 5.74) is 38.5. The summed E-state index contributed by atoms with van der Waals surface area (Å²) in [4.78, 5) is 10.4. The molecule has 0 saturated carbocycles. The van der Waals surface area contributed by atoms with E-state index in [1.165, 1.54) is 167 Å². The van der Waals surface area contributed by atoms with E-state index in [9.17, 15) is 0 Å². The number of nitrogens with zero attached hydrogens (tertiary/aromatic N) is 5. The molecule has 0 N–H and O–H groups in total. The van der Waals surface area contributed by atoms with Crippen LogP contribution in [0, 0.1) is 6.92 Å². The number of aryl methyl sites for hydroxylation is 1. The highest BCUT2D eigenvalue weighted by atomic mass is 15.2. The third-order valence-corrected chi connectivity index (χ3v) is 25.4. The maximum Gasteiger partial charge on any atom is 0.252 e. The molecule has 1 aromatic heterocycles. The number of para-hydroxylation sites is 1. The molecule has 4 aliphatic heterocycles. The molecule has 0 aliphatic carbocycles. The third-order valence-electron chi connectivity index (χ3n) is 25.4. The quantitative estimate of drug-likeness (QED) is 0.141. The van der Waals surface area contributed by atoms with Gasteiger partial charge in [0.15, 0.2) is 0 Å². The fourth-order valence-electron chi connectivity index (χ4n) is 18.8. The number of hydrogen-bond donors (Lipinski definition) is 0. The van der Waals surface area contributed by atoms with Gasteiger partial charge in [-0.15, -0.1) is 0 Å². The van der Waals surface area contributed by atoms with Gasteiger partial charge in [-0.25, -0.2) is 0 Å². The second-order valence-electron chi connectivity index (χ2n) is 41.0. The van der Waals surface area contributed by atoms with Crippen molar-refractivity contribution in [2.75, 3.05) is 19.6 Å². The summed E-state index contributed by atoms with van der Waals surface area (Å²) in [7, 11) is 0. The first kappa shape index (κ1) is 74.5. The molecular formula is C105H113B2N5. The summed E-state index contributed by atoms with van der Waals surface area (Å²) < 4.78 is 2.61. The summed E-state index contributed by atoms with van der Waals surface area (Å²) in [5, 5.41) is 2.55. The molecule has 0 radical (unpaired) electrons. The Bertz CT molecular complexity index is 5790. The van der Waals surface area contributed by atoms with Crippen molar-refractivity contribution < 1.29 is 0 Å². The number of anilines is 12. The lowest BCUT2D eigenvalue weighted by atomic mass is 9.33. The van der Waals surface area contributed by atoms with Crippen molar-refractivity contribution in [3.8, 4) is 5.69 Å². The topological polar surface area (TPSA) is 17.9 Å². The molecule has 7 heteroatoms. The van der Waals surface area contributed by atoms with Crippen molar-refractivity contribution in [1.29, 1.82) is 0 Å². The zero-order chi connectivity index (χ0) is 79.4. The molecule has 0 atom stereocenters. The van der Waals surface area contributed by atoms with E-state index < -0.39 is 0 Å². The van der Waals surface area contributed by atoms with Crippen LogP contribution in [-0.2, 0) is 49.7 Å². The van der Waals surface area contributed by atoms with Gasteiger partial charge in [-0.2, -0.15) is 0 Å². The van der Waals surface area contributed by atoms with E-state index in [1.807, 2.05) is 0 Å². The van der Waals surface area contributed by atoms with E-state index in [2.05, 4.69) is 427 Å². The van der Waals surface area contributed by atoms with Crippen LogP contribution in [0.5, 0.6) is 0 Å². The van der Waals surface area contributed by atoms with Gasteiger partial charge in [-0.05, 0) is 248 Å². The Morgan fingerprint density at radius 2 is 0.580 bits per heavy atom. The van der Waals surface area contributed by atoms with Crippen LogP contribution >= 0.6 is 0 Å². The summed E-state index contributed by atoms with van der Waals surface area (Å²) in [6, 6.07) is 94.0. The second-order valence-corrected chi connectivity index (χ2v) is 41.0. The van der Waals surface area contributed by atoms with E-state index >= 15 is 0 Å². The van der Waals surface area contributed by atoms with Gasteiger partial charge in [0.1, 0.15) is 0 Å². The van der Waals surface area contributed by atoms with Gasteiger partial charge in [-0.3, -0.25) is 0 Å². The number of hydrogen-bond acceptors (Lipinski definition) is 4. The first-order valence-electron chi connectivity index (χ1n) is 41.2. The average molecular weight is 1470 g/mol. The van der Waals surface area contributed by atoms with Crippen LogP contribution in [0.4, 0.5) is 68.2 Å². The molecule has 0 fully saturated rings. The molecule has 4 aliphatic rings. The smallest absolute Gasteiger partial charge is 0.252 e. The number of fused-ring (bicyclic) bond motifs is 11. The molecule has 112 heavy (non-hydrogen) atoms. The van der Waals surface area contributed by atoms with Crippen molar-refractivity contribution in [3.05, 3.63) is 292 Å². The molecule has 564 valence electrons. The number of benzene rings is 12. The summed E-state index contributed by atoms with van der Waals surface area (Å²) in [6.07, 6.45) is 0.804. The monoisotopic (exact) mass is 1470 g/mol. The first-order valence-corrected chi connectivity index (χ1v) is 41.2. The SMILES string of the molecule is Cc1ccc2c3c1N(c1ccc(C(C)(C)C)cc1)c1ccc(C(C)(C)Cc4cccc5c4c4ccccc4n5-c4cc5c6c(c4)N(c4ccc(C(C)(C)C)cc4)c4ccc(C(C)(C)C)cc4B6c4cc(C(C)(C)C)ccc4N5c4ccc(C(C)(C)C)cc4)cc1B3c1cc(C(C)(C)C)ccc1N2c1ccc(C(C)(C)C)cc1. The van der Waals surface area contributed by atoms with Crippen molar-refractivity contribution in [1.82, 2.24) is 4.57 Å². The van der Waals surface area contributed by atoms with Gasteiger partial charge in [0.2, 0.25) is 0 Å². The molecular weight excluding hydrogens is 1350 g/mol. The van der Waals surface area contributed by atoms with Crippen LogP contribution in [0.2, 0.25) is 0 Å². The van der Waals surface area contributed by atoms with Crippen LogP contribution in [-0.4, -0.2) is 18.0 Å². The van der Waals surface area contributed by atoms with E-state index in [-0.39, 0.29) is 56.7 Å². The van der Waals surface area contributed by atoms with Gasteiger partial charge in [0, 0.05) is 79.0 Å². The predicted molar refractivity (Wildman–Crippen MR) is 488 cm³/mol. The fraction of sp³-hybridized carbons (Fsp3) is 0.314. The Morgan fingerprint density at radius 3 is 0.982 bits per heavy atom. The second kappa shape index (κ2) is 25.6. The molecule has 0 spiro atoms. The molecule has 0 bridgehead atoms. The van der Waals surface area contributed by atoms with Crippen molar-refractivity contribution in [3.63, 3.8) is 0 Å². The fourth-order valence-corrected chi connectivity index (χ4v) is 18.8. The Labute approximate surface area is 669 Å². The van der Waals surface area contributed by atoms with Gasteiger partial charge < -0.3 is 24.2 Å². The molecule has 17 rings (SSSR count). The van der Waals surface area contributed by atoms with Gasteiger partial charge >= 0.3 is 0 Å². The van der Waals surface area contributed by atoms with Gasteiger partial charge in [-0.1, -0.05) is 293 Å². The minimum Gasteiger partial charge on any atom is -0.311 e. The Hall–Kier alpha value is -10.2. The highest BCUT2D eigenvalue weighted by molar-refractivity contribution is 7.01. The van der Waals surface area contributed by atoms with Crippen LogP contribution in [0.3, 0.4) is 0 Å². The molecule has 5 nitrogen and oxygen atoms in total. The average Bonchev–Trinajstić information content (AvgIpc) is 0.828. The highest BCUT2D eigenvalue weighted by Gasteiger charge is 2.48. The standard InChI is InChI=1S/C105H113B2N5/c1-65-32-53-91-96-97(65)112(78-51-39-70(40-52-78)101(11,12)13)89-57-44-74(61-84(89)107(96)83-60-73(104(20,21)22)41-54-86(83)108(91)75-45-33-67(34-46-75)98(2,3)4)105(23,24)64-66-28-27-31-90-94(66)80-29-25-26-30-85(80)111(90)79-62-92-95-93(63-79)110(77-49-37-69(38-50-77)100(8,9)10)88-56-43-72(103(17,18)19)59-82(88)106(95)81-58-71(102(14,15)16)42-55-87(81)109(92)76-47-35-68(36-48-76)99(5,6)7/h25-63H,64H2,1-24H3. The van der Waals surface area contributed by atoms with Crippen LogP contribution in [0.1, 0.15) is 215 Å². The maximum absolute atomic E-state index is 2.64. The molecule has 0 saturated heterocycles. The Morgan fingerprint density at radius 1 is 0.259 bits per heavy atom. The minimum atomic E-state index is -0.343. The van der Waals surface area contributed by atoms with E-state index in [4.69, 9.17) is 0 Å². The van der Waals surface area contributed by atoms with E-state index in [0.717, 1.165) is 23.5 Å². The lowest BCUT2D eigenvalue weighted by Gasteiger charge is -2.45. The third kappa shape index (κ3) is 12.3. The lowest BCUT2D eigenvalue weighted by molar-refractivity contribution is 0.525. The molecule has 12 aromatic carbocycles. The Kier molecular flexibility index (Phi) is 17.1. The zero-order valence-corrected chi connectivity index (χ0v) is 71.1. The van der Waals surface area contributed by atoms with E-state index in [0.29, 0.717) is 0 Å². The zero-order valence-electron chi connectivity index (χ0n) is 71.1. The largest absolute Gasteiger partial charge is 0.311 e. The summed E-state index contributed by atoms with van der Waals surface area (Å²) >= 11 is 0. The highest BCUT2D eigenvalue weighted by Crippen LogP contribution is 2.52. The summed E-state index contributed by atoms with van der Waals surface area (Å²) in [6.45, 7) is 56.3. The van der Waals surface area contributed by atoms with Gasteiger partial charge in [0.05, 0.1) is 16.7 Å². The molecule has 13 aromatic rings. The van der Waals surface area contributed by atoms with Crippen LogP contribution < -0.4 is 52.4 Å². The number of rotatable bonds is 8. The molecule has 0 unspecified atom stereocenters. The first-order chi connectivity index (χ1) is 52.6. The minimum absolute atomic E-state index is 0.00207. The molecule has 0 amide bonds. The van der Waals surface area contributed by atoms with Crippen molar-refractivity contribution >= 4 is 136 Å². The van der Waals surface area contributed by atoms with Crippen molar-refractivity contribution in [2.24, 2.45) is 0 Å². The molecule has 5 heterocycles. The Balaban J connectivity index is 0.872. The maximum atomic E-state index is 2.64. The van der Waals surface area contributed by atoms with E-state index in [1.54, 1.807) is 0 Å². The summed E-state index contributed by atoms with van der Waals surface area (Å²) in [5.74, 6) is 0. The van der Waals surface area contributed by atoms with Crippen molar-refractivity contribution in [2.45, 2.75) is 216 Å². The lowest BCUT2D eigenvalue weighted by Crippen LogP contribution is -2.62. The predicted octanol–water partition coefficient (Wildman–Crippen LogP) is 24.9. The normalized spacial score (nSPS) is 14.4. The van der Waals surface area contributed by atoms with Gasteiger partial charge in [0.25, 0.3) is 13.4 Å². The van der Waals surface area contributed by atoms with Crippen LogP contribution in [0.15, 0.2) is 237 Å². The van der Waals surface area contributed by atoms with Crippen LogP contribution in [0.25, 0.3) is 27.5 Å². The number of aromatic nitrogens is 1.